The SMILES string of the molecule is CCOc1cc(NC(=O)C2CCC[C@@H]2O)ccc1S(=O)(=O)Nc1cccc(C)c1. The summed E-state index contributed by atoms with van der Waals surface area (Å²) in [5.41, 5.74) is 1.81. The third-order valence-corrected chi connectivity index (χ3v) is 6.31. The number of rotatable bonds is 7. The van der Waals surface area contributed by atoms with Gasteiger partial charge in [-0.2, -0.15) is 0 Å². The van der Waals surface area contributed by atoms with Crippen molar-refractivity contribution in [2.45, 2.75) is 44.1 Å². The predicted molar refractivity (Wildman–Crippen MR) is 112 cm³/mol. The van der Waals surface area contributed by atoms with Gasteiger partial charge in [0.25, 0.3) is 10.0 Å². The third-order valence-electron chi connectivity index (χ3n) is 4.89. The van der Waals surface area contributed by atoms with Crippen LogP contribution in [0.3, 0.4) is 0 Å². The van der Waals surface area contributed by atoms with Crippen LogP contribution < -0.4 is 14.8 Å². The van der Waals surface area contributed by atoms with Crippen LogP contribution in [0.4, 0.5) is 11.4 Å². The largest absolute Gasteiger partial charge is 0.492 e. The van der Waals surface area contributed by atoms with Crippen LogP contribution in [0.15, 0.2) is 47.4 Å². The number of amides is 1. The number of aryl methyl sites for hydroxylation is 1. The summed E-state index contributed by atoms with van der Waals surface area (Å²) in [6.45, 7) is 3.90. The maximum absolute atomic E-state index is 12.9. The first-order valence-electron chi connectivity index (χ1n) is 9.65. The van der Waals surface area contributed by atoms with E-state index in [9.17, 15) is 18.3 Å². The van der Waals surface area contributed by atoms with Gasteiger partial charge < -0.3 is 15.2 Å². The molecule has 0 aliphatic heterocycles. The van der Waals surface area contributed by atoms with Crippen molar-refractivity contribution in [3.05, 3.63) is 48.0 Å². The summed E-state index contributed by atoms with van der Waals surface area (Å²) in [6.07, 6.45) is 1.42. The molecule has 0 radical (unpaired) electrons. The minimum Gasteiger partial charge on any atom is -0.492 e. The molecule has 1 unspecified atom stereocenters. The van der Waals surface area contributed by atoms with Crippen molar-refractivity contribution in [2.24, 2.45) is 5.92 Å². The number of aliphatic hydroxyl groups excluding tert-OH is 1. The van der Waals surface area contributed by atoms with Gasteiger partial charge in [0.2, 0.25) is 5.91 Å². The fourth-order valence-corrected chi connectivity index (χ4v) is 4.65. The molecule has 2 aromatic carbocycles. The van der Waals surface area contributed by atoms with Crippen molar-refractivity contribution in [1.82, 2.24) is 0 Å². The second-order valence-electron chi connectivity index (χ2n) is 7.16. The molecule has 29 heavy (non-hydrogen) atoms. The summed E-state index contributed by atoms with van der Waals surface area (Å²) in [6, 6.07) is 11.5. The normalized spacial score (nSPS) is 19.0. The van der Waals surface area contributed by atoms with Crippen LogP contribution in [-0.2, 0) is 14.8 Å². The minimum atomic E-state index is -3.88. The molecule has 2 atom stereocenters. The number of anilines is 2. The van der Waals surface area contributed by atoms with Crippen molar-refractivity contribution in [3.63, 3.8) is 0 Å². The second-order valence-corrected chi connectivity index (χ2v) is 8.81. The van der Waals surface area contributed by atoms with E-state index in [1.54, 1.807) is 25.1 Å². The summed E-state index contributed by atoms with van der Waals surface area (Å²) in [5, 5.41) is 12.7. The number of carbonyl (C=O) groups is 1. The van der Waals surface area contributed by atoms with Crippen molar-refractivity contribution in [1.29, 1.82) is 0 Å². The molecule has 0 spiro atoms. The molecule has 1 amide bonds. The Morgan fingerprint density at radius 3 is 2.62 bits per heavy atom. The summed E-state index contributed by atoms with van der Waals surface area (Å²) >= 11 is 0. The van der Waals surface area contributed by atoms with Gasteiger partial charge in [-0.3, -0.25) is 9.52 Å². The Labute approximate surface area is 171 Å². The highest BCUT2D eigenvalue weighted by Crippen LogP contribution is 2.31. The highest BCUT2D eigenvalue weighted by molar-refractivity contribution is 7.92. The van der Waals surface area contributed by atoms with Crippen LogP contribution in [-0.4, -0.2) is 32.1 Å². The average Bonchev–Trinajstić information content (AvgIpc) is 3.08. The molecule has 0 saturated heterocycles. The van der Waals surface area contributed by atoms with E-state index in [1.807, 2.05) is 13.0 Å². The van der Waals surface area contributed by atoms with E-state index in [4.69, 9.17) is 4.74 Å². The monoisotopic (exact) mass is 418 g/mol. The Hall–Kier alpha value is -2.58. The van der Waals surface area contributed by atoms with Gasteiger partial charge in [-0.05, 0) is 62.9 Å². The number of sulfonamides is 1. The summed E-state index contributed by atoms with van der Waals surface area (Å²) < 4.78 is 33.9. The van der Waals surface area contributed by atoms with E-state index in [0.717, 1.165) is 12.0 Å². The molecular formula is C21H26N2O5S. The smallest absolute Gasteiger partial charge is 0.265 e. The highest BCUT2D eigenvalue weighted by Gasteiger charge is 2.31. The summed E-state index contributed by atoms with van der Waals surface area (Å²) in [4.78, 5) is 12.4. The zero-order valence-corrected chi connectivity index (χ0v) is 17.3. The highest BCUT2D eigenvalue weighted by atomic mass is 32.2. The molecule has 1 aliphatic rings. The predicted octanol–water partition coefficient (Wildman–Crippen LogP) is 3.29. The lowest BCUT2D eigenvalue weighted by molar-refractivity contribution is -0.122. The lowest BCUT2D eigenvalue weighted by Crippen LogP contribution is -2.28. The zero-order valence-electron chi connectivity index (χ0n) is 16.5. The quantitative estimate of drug-likeness (QED) is 0.640. The van der Waals surface area contributed by atoms with Gasteiger partial charge in [0.15, 0.2) is 0 Å². The van der Waals surface area contributed by atoms with Crippen molar-refractivity contribution in [2.75, 3.05) is 16.6 Å². The number of benzene rings is 2. The first-order valence-corrected chi connectivity index (χ1v) is 11.1. The van der Waals surface area contributed by atoms with E-state index >= 15 is 0 Å². The molecule has 2 aromatic rings. The summed E-state index contributed by atoms with van der Waals surface area (Å²) in [7, 11) is -3.88. The molecule has 1 saturated carbocycles. The zero-order chi connectivity index (χ0) is 21.0. The van der Waals surface area contributed by atoms with Gasteiger partial charge in [-0.1, -0.05) is 12.1 Å². The molecule has 8 heteroatoms. The van der Waals surface area contributed by atoms with Crippen molar-refractivity contribution >= 4 is 27.3 Å². The molecule has 156 valence electrons. The van der Waals surface area contributed by atoms with Gasteiger partial charge in [0, 0.05) is 17.4 Å². The van der Waals surface area contributed by atoms with Gasteiger partial charge in [-0.25, -0.2) is 8.42 Å². The third kappa shape index (κ3) is 5.07. The number of ether oxygens (including phenoxy) is 1. The molecule has 3 N–H and O–H groups in total. The topological polar surface area (TPSA) is 105 Å². The summed E-state index contributed by atoms with van der Waals surface area (Å²) in [5.74, 6) is -0.569. The van der Waals surface area contributed by atoms with Crippen molar-refractivity contribution in [3.8, 4) is 5.75 Å². The number of carbonyl (C=O) groups excluding carboxylic acids is 1. The van der Waals surface area contributed by atoms with Crippen LogP contribution in [0, 0.1) is 12.8 Å². The van der Waals surface area contributed by atoms with Gasteiger partial charge in [-0.15, -0.1) is 0 Å². The van der Waals surface area contributed by atoms with E-state index in [2.05, 4.69) is 10.0 Å². The Morgan fingerprint density at radius 1 is 1.17 bits per heavy atom. The number of hydrogen-bond donors (Lipinski definition) is 3. The second kappa shape index (κ2) is 8.84. The van der Waals surface area contributed by atoms with Crippen molar-refractivity contribution < 1.29 is 23.1 Å². The molecule has 1 aliphatic carbocycles. The Morgan fingerprint density at radius 2 is 1.97 bits per heavy atom. The minimum absolute atomic E-state index is 0.0141. The fraction of sp³-hybridized carbons (Fsp3) is 0.381. The first-order chi connectivity index (χ1) is 13.8. The van der Waals surface area contributed by atoms with Gasteiger partial charge in [0.1, 0.15) is 10.6 Å². The van der Waals surface area contributed by atoms with E-state index in [1.165, 1.54) is 18.2 Å². The first kappa shape index (κ1) is 21.1. The standard InChI is InChI=1S/C21H26N2O5S/c1-3-28-19-13-15(22-21(25)17-8-5-9-18(17)24)10-11-20(19)29(26,27)23-16-7-4-6-14(2)12-16/h4,6-7,10-13,17-18,23-24H,3,5,8-9H2,1-2H3,(H,22,25)/t17?,18-/m0/s1. The molecule has 0 bridgehead atoms. The molecule has 0 aromatic heterocycles. The van der Waals surface area contributed by atoms with Crippen LogP contribution in [0.5, 0.6) is 5.75 Å². The lowest BCUT2D eigenvalue weighted by atomic mass is 10.1. The van der Waals surface area contributed by atoms with Crippen LogP contribution >= 0.6 is 0 Å². The number of aliphatic hydroxyl groups is 1. The molecule has 3 rings (SSSR count). The maximum atomic E-state index is 12.9. The van der Waals surface area contributed by atoms with E-state index < -0.39 is 22.0 Å². The molecule has 0 heterocycles. The van der Waals surface area contributed by atoms with Crippen LogP contribution in [0.1, 0.15) is 31.7 Å². The lowest BCUT2D eigenvalue weighted by Gasteiger charge is -2.17. The number of hydrogen-bond acceptors (Lipinski definition) is 5. The Kier molecular flexibility index (Phi) is 6.44. The number of nitrogens with one attached hydrogen (secondary N) is 2. The van der Waals surface area contributed by atoms with Gasteiger partial charge in [0.05, 0.1) is 18.6 Å². The Balaban J connectivity index is 1.84. The van der Waals surface area contributed by atoms with Gasteiger partial charge >= 0.3 is 0 Å². The molecule has 7 nitrogen and oxygen atoms in total. The Bertz CT molecular complexity index is 990. The fourth-order valence-electron chi connectivity index (χ4n) is 3.48. The van der Waals surface area contributed by atoms with Crippen LogP contribution in [0.25, 0.3) is 0 Å². The van der Waals surface area contributed by atoms with Crippen LogP contribution in [0.2, 0.25) is 0 Å². The maximum Gasteiger partial charge on any atom is 0.265 e. The molecule has 1 fully saturated rings. The average molecular weight is 419 g/mol. The molecular weight excluding hydrogens is 392 g/mol. The van der Waals surface area contributed by atoms with E-state index in [0.29, 0.717) is 24.2 Å². The van der Waals surface area contributed by atoms with E-state index in [-0.39, 0.29) is 23.2 Å².